The number of rotatable bonds is 2. The van der Waals surface area contributed by atoms with Crippen molar-refractivity contribution in [2.45, 2.75) is 38.3 Å². The van der Waals surface area contributed by atoms with Crippen molar-refractivity contribution >= 4 is 5.69 Å². The predicted octanol–water partition coefficient (Wildman–Crippen LogP) is 2.18. The van der Waals surface area contributed by atoms with Crippen LogP contribution in [0.3, 0.4) is 0 Å². The summed E-state index contributed by atoms with van der Waals surface area (Å²) in [5, 5.41) is 0. The zero-order valence-corrected chi connectivity index (χ0v) is 9.89. The van der Waals surface area contributed by atoms with E-state index in [1.165, 1.54) is 17.8 Å². The number of fused-ring (bicyclic) bond motifs is 2. The Kier molecular flexibility index (Phi) is 2.36. The molecule has 2 aliphatic rings. The van der Waals surface area contributed by atoms with Crippen molar-refractivity contribution in [3.8, 4) is 0 Å². The van der Waals surface area contributed by atoms with Crippen molar-refractivity contribution in [3.63, 3.8) is 0 Å². The molecule has 3 heteroatoms. The standard InChI is InChI=1S/C13H18N2O/c1-9(2)13-4-3-10(6-14-13)15-7-12-5-11(15)8-16-12/h3-4,6,9,11-12H,5,7-8H2,1-2H3/t11-,12-/m1/s1. The van der Waals surface area contributed by atoms with Crippen LogP contribution >= 0.6 is 0 Å². The fourth-order valence-electron chi connectivity index (χ4n) is 2.62. The molecular formula is C13H18N2O. The Morgan fingerprint density at radius 2 is 2.31 bits per heavy atom. The maximum absolute atomic E-state index is 5.60. The number of nitrogens with zero attached hydrogens (tertiary/aromatic N) is 2. The summed E-state index contributed by atoms with van der Waals surface area (Å²) in [7, 11) is 0. The molecule has 0 aliphatic carbocycles. The van der Waals surface area contributed by atoms with Gasteiger partial charge in [-0.1, -0.05) is 13.8 Å². The normalized spacial score (nSPS) is 28.1. The minimum absolute atomic E-state index is 0.453. The quantitative estimate of drug-likeness (QED) is 0.760. The van der Waals surface area contributed by atoms with Gasteiger partial charge in [-0.3, -0.25) is 4.98 Å². The lowest BCUT2D eigenvalue weighted by Gasteiger charge is -2.28. The number of hydrogen-bond donors (Lipinski definition) is 0. The van der Waals surface area contributed by atoms with Crippen molar-refractivity contribution < 1.29 is 4.74 Å². The van der Waals surface area contributed by atoms with Crippen LogP contribution in [-0.2, 0) is 4.74 Å². The summed E-state index contributed by atoms with van der Waals surface area (Å²) < 4.78 is 5.60. The van der Waals surface area contributed by atoms with Gasteiger partial charge in [-0.2, -0.15) is 0 Å². The Morgan fingerprint density at radius 1 is 1.44 bits per heavy atom. The van der Waals surface area contributed by atoms with Crippen LogP contribution in [0.15, 0.2) is 18.3 Å². The Balaban J connectivity index is 1.80. The van der Waals surface area contributed by atoms with Crippen LogP contribution in [0.1, 0.15) is 31.9 Å². The van der Waals surface area contributed by atoms with Gasteiger partial charge in [-0.05, 0) is 24.5 Å². The van der Waals surface area contributed by atoms with Crippen LogP contribution in [0.25, 0.3) is 0 Å². The lowest BCUT2D eigenvalue weighted by Crippen LogP contribution is -2.36. The van der Waals surface area contributed by atoms with Gasteiger partial charge in [0.15, 0.2) is 0 Å². The Labute approximate surface area is 96.4 Å². The molecule has 3 rings (SSSR count). The van der Waals surface area contributed by atoms with Crippen LogP contribution in [-0.4, -0.2) is 30.3 Å². The molecule has 0 radical (unpaired) electrons. The second kappa shape index (κ2) is 3.74. The van der Waals surface area contributed by atoms with Crippen LogP contribution in [0.5, 0.6) is 0 Å². The molecule has 1 aromatic heterocycles. The third kappa shape index (κ3) is 1.59. The summed E-state index contributed by atoms with van der Waals surface area (Å²) in [6.07, 6.45) is 3.65. The van der Waals surface area contributed by atoms with Gasteiger partial charge in [0.25, 0.3) is 0 Å². The lowest BCUT2D eigenvalue weighted by atomic mass is 10.1. The van der Waals surface area contributed by atoms with E-state index in [1.54, 1.807) is 0 Å². The summed E-state index contributed by atoms with van der Waals surface area (Å²) in [6.45, 7) is 6.27. The molecule has 1 aromatic rings. The van der Waals surface area contributed by atoms with E-state index in [4.69, 9.17) is 4.74 Å². The molecule has 3 nitrogen and oxygen atoms in total. The Bertz CT molecular complexity index is 374. The largest absolute Gasteiger partial charge is 0.374 e. The molecule has 2 aliphatic heterocycles. The average Bonchev–Trinajstić information content (AvgIpc) is 2.91. The van der Waals surface area contributed by atoms with Gasteiger partial charge in [-0.25, -0.2) is 0 Å². The number of anilines is 1. The highest BCUT2D eigenvalue weighted by atomic mass is 16.5. The van der Waals surface area contributed by atoms with Crippen molar-refractivity contribution in [3.05, 3.63) is 24.0 Å². The number of hydrogen-bond acceptors (Lipinski definition) is 3. The third-order valence-electron chi connectivity index (χ3n) is 3.59. The number of ether oxygens (including phenoxy) is 1. The highest BCUT2D eigenvalue weighted by molar-refractivity contribution is 5.48. The van der Waals surface area contributed by atoms with E-state index in [0.29, 0.717) is 18.1 Å². The molecule has 3 heterocycles. The maximum Gasteiger partial charge on any atom is 0.0771 e. The average molecular weight is 218 g/mol. The second-order valence-corrected chi connectivity index (χ2v) is 5.09. The van der Waals surface area contributed by atoms with Gasteiger partial charge in [0.1, 0.15) is 0 Å². The van der Waals surface area contributed by atoms with Crippen LogP contribution < -0.4 is 4.90 Å². The molecule has 2 fully saturated rings. The maximum atomic E-state index is 5.60. The number of aromatic nitrogens is 1. The summed E-state index contributed by atoms with van der Waals surface area (Å²) in [6, 6.07) is 4.92. The van der Waals surface area contributed by atoms with E-state index in [1.807, 2.05) is 6.20 Å². The molecule has 86 valence electrons. The minimum Gasteiger partial charge on any atom is -0.374 e. The molecule has 0 aromatic carbocycles. The van der Waals surface area contributed by atoms with E-state index in [0.717, 1.165) is 13.2 Å². The predicted molar refractivity (Wildman–Crippen MR) is 63.8 cm³/mol. The van der Waals surface area contributed by atoms with E-state index in [-0.39, 0.29) is 0 Å². The van der Waals surface area contributed by atoms with Gasteiger partial charge >= 0.3 is 0 Å². The third-order valence-corrected chi connectivity index (χ3v) is 3.59. The molecule has 2 bridgehead atoms. The number of morpholine rings is 1. The van der Waals surface area contributed by atoms with Gasteiger partial charge in [0.2, 0.25) is 0 Å². The minimum atomic E-state index is 0.453. The smallest absolute Gasteiger partial charge is 0.0771 e. The SMILES string of the molecule is CC(C)c1ccc(N2C[C@H]3C[C@@H]2CO3)cn1. The molecule has 2 saturated heterocycles. The molecule has 0 saturated carbocycles. The van der Waals surface area contributed by atoms with Gasteiger partial charge in [0, 0.05) is 12.2 Å². The van der Waals surface area contributed by atoms with Crippen LogP contribution in [0.4, 0.5) is 5.69 Å². The summed E-state index contributed by atoms with van der Waals surface area (Å²) in [4.78, 5) is 6.96. The van der Waals surface area contributed by atoms with Crippen molar-refractivity contribution in [2.24, 2.45) is 0 Å². The monoisotopic (exact) mass is 218 g/mol. The molecule has 2 atom stereocenters. The van der Waals surface area contributed by atoms with E-state index in [2.05, 4.69) is 35.9 Å². The topological polar surface area (TPSA) is 25.4 Å². The van der Waals surface area contributed by atoms with Gasteiger partial charge in [0.05, 0.1) is 30.6 Å². The molecular weight excluding hydrogens is 200 g/mol. The van der Waals surface area contributed by atoms with Gasteiger partial charge in [-0.15, -0.1) is 0 Å². The van der Waals surface area contributed by atoms with Crippen molar-refractivity contribution in [1.82, 2.24) is 4.98 Å². The Hall–Kier alpha value is -1.09. The highest BCUT2D eigenvalue weighted by Gasteiger charge is 2.38. The summed E-state index contributed by atoms with van der Waals surface area (Å²) in [5.41, 5.74) is 2.42. The zero-order chi connectivity index (χ0) is 11.1. The van der Waals surface area contributed by atoms with Crippen molar-refractivity contribution in [1.29, 1.82) is 0 Å². The first-order valence-electron chi connectivity index (χ1n) is 6.08. The first-order valence-corrected chi connectivity index (χ1v) is 6.08. The molecule has 0 unspecified atom stereocenters. The van der Waals surface area contributed by atoms with E-state index in [9.17, 15) is 0 Å². The van der Waals surface area contributed by atoms with E-state index < -0.39 is 0 Å². The first kappa shape index (κ1) is 10.1. The molecule has 0 N–H and O–H groups in total. The number of pyridine rings is 1. The van der Waals surface area contributed by atoms with Crippen molar-refractivity contribution in [2.75, 3.05) is 18.1 Å². The summed E-state index contributed by atoms with van der Waals surface area (Å²) in [5.74, 6) is 0.507. The molecule has 0 spiro atoms. The van der Waals surface area contributed by atoms with Crippen LogP contribution in [0, 0.1) is 0 Å². The Morgan fingerprint density at radius 3 is 2.81 bits per heavy atom. The second-order valence-electron chi connectivity index (χ2n) is 5.09. The summed E-state index contributed by atoms with van der Waals surface area (Å²) >= 11 is 0. The first-order chi connectivity index (χ1) is 7.74. The lowest BCUT2D eigenvalue weighted by molar-refractivity contribution is 0.0991. The van der Waals surface area contributed by atoms with Crippen LogP contribution in [0.2, 0.25) is 0 Å². The highest BCUT2D eigenvalue weighted by Crippen LogP contribution is 2.32. The fourth-order valence-corrected chi connectivity index (χ4v) is 2.62. The molecule has 0 amide bonds. The van der Waals surface area contributed by atoms with E-state index >= 15 is 0 Å². The van der Waals surface area contributed by atoms with Gasteiger partial charge < -0.3 is 9.64 Å². The zero-order valence-electron chi connectivity index (χ0n) is 9.89. The fraction of sp³-hybridized carbons (Fsp3) is 0.615. The molecule has 16 heavy (non-hydrogen) atoms.